The van der Waals surface area contributed by atoms with Gasteiger partial charge in [-0.15, -0.1) is 0 Å². The molecule has 1 amide bonds. The number of rotatable bonds is 4. The minimum atomic E-state index is -0.114. The molecule has 0 unspecified atom stereocenters. The van der Waals surface area contributed by atoms with Crippen LogP contribution in [0.25, 0.3) is 16.9 Å². The quantitative estimate of drug-likeness (QED) is 0.665. The maximum Gasteiger partial charge on any atom is 0.272 e. The van der Waals surface area contributed by atoms with Crippen LogP contribution in [0.5, 0.6) is 11.5 Å². The zero-order valence-corrected chi connectivity index (χ0v) is 17.5. The zero-order valence-electron chi connectivity index (χ0n) is 17.5. The van der Waals surface area contributed by atoms with Crippen molar-refractivity contribution in [2.75, 3.05) is 13.2 Å². The highest BCUT2D eigenvalue weighted by Gasteiger charge is 2.22. The first-order chi connectivity index (χ1) is 15.3. The molecule has 1 aromatic heterocycles. The van der Waals surface area contributed by atoms with Crippen LogP contribution in [0.3, 0.4) is 0 Å². The van der Waals surface area contributed by atoms with E-state index in [1.807, 2.05) is 59.3 Å². The van der Waals surface area contributed by atoms with Gasteiger partial charge in [0.15, 0.2) is 17.2 Å². The molecule has 1 aliphatic heterocycles. The molecule has 0 bridgehead atoms. The number of benzene rings is 2. The Labute approximate surface area is 182 Å². The number of nitrogens with one attached hydrogen (secondary N) is 1. The van der Waals surface area contributed by atoms with E-state index in [0.29, 0.717) is 18.9 Å². The van der Waals surface area contributed by atoms with Crippen molar-refractivity contribution in [1.82, 2.24) is 15.1 Å². The van der Waals surface area contributed by atoms with Gasteiger partial charge in [0, 0.05) is 18.0 Å². The molecule has 2 aromatic carbocycles. The van der Waals surface area contributed by atoms with Gasteiger partial charge in [0.05, 0.1) is 24.6 Å². The molecule has 31 heavy (non-hydrogen) atoms. The Bertz CT molecular complexity index is 1060. The second-order valence-electron chi connectivity index (χ2n) is 8.18. The second-order valence-corrected chi connectivity index (χ2v) is 8.18. The number of fused-ring (bicyclic) bond motifs is 1. The predicted molar refractivity (Wildman–Crippen MR) is 119 cm³/mol. The lowest BCUT2D eigenvalue weighted by molar-refractivity contribution is 0.0922. The maximum atomic E-state index is 13.0. The average molecular weight is 418 g/mol. The number of nitrogens with zero attached hydrogens (tertiary/aromatic N) is 2. The summed E-state index contributed by atoms with van der Waals surface area (Å²) in [6.07, 6.45) is 6.54. The molecular weight excluding hydrogens is 390 g/mol. The van der Waals surface area contributed by atoms with Crippen molar-refractivity contribution in [3.05, 3.63) is 60.3 Å². The number of para-hydroxylation sites is 1. The Morgan fingerprint density at radius 2 is 1.68 bits per heavy atom. The van der Waals surface area contributed by atoms with Gasteiger partial charge in [-0.1, -0.05) is 37.5 Å². The Morgan fingerprint density at radius 3 is 2.48 bits per heavy atom. The Balaban J connectivity index is 1.51. The van der Waals surface area contributed by atoms with Gasteiger partial charge >= 0.3 is 0 Å². The van der Waals surface area contributed by atoms with Crippen LogP contribution >= 0.6 is 0 Å². The molecule has 0 radical (unpaired) electrons. The monoisotopic (exact) mass is 417 g/mol. The molecule has 5 rings (SSSR count). The normalized spacial score (nSPS) is 16.5. The number of carbonyl (C=O) groups is 1. The smallest absolute Gasteiger partial charge is 0.272 e. The van der Waals surface area contributed by atoms with Gasteiger partial charge in [-0.3, -0.25) is 4.79 Å². The largest absolute Gasteiger partial charge is 0.490 e. The van der Waals surface area contributed by atoms with Gasteiger partial charge in [0.25, 0.3) is 5.91 Å². The number of hydrogen-bond acceptors (Lipinski definition) is 4. The summed E-state index contributed by atoms with van der Waals surface area (Å²) >= 11 is 0. The minimum absolute atomic E-state index is 0.114. The highest BCUT2D eigenvalue weighted by Crippen LogP contribution is 2.35. The molecule has 1 saturated carbocycles. The van der Waals surface area contributed by atoms with Gasteiger partial charge in [0.2, 0.25) is 0 Å². The van der Waals surface area contributed by atoms with E-state index < -0.39 is 0 Å². The van der Waals surface area contributed by atoms with E-state index in [2.05, 4.69) is 10.4 Å². The van der Waals surface area contributed by atoms with E-state index in [9.17, 15) is 4.79 Å². The van der Waals surface area contributed by atoms with Crippen LogP contribution in [-0.4, -0.2) is 34.9 Å². The third kappa shape index (κ3) is 4.29. The van der Waals surface area contributed by atoms with E-state index in [-0.39, 0.29) is 11.9 Å². The average Bonchev–Trinajstić information content (AvgIpc) is 3.13. The summed E-state index contributed by atoms with van der Waals surface area (Å²) in [4.78, 5) is 13.0. The maximum absolute atomic E-state index is 13.0. The Kier molecular flexibility index (Phi) is 5.61. The molecule has 1 fully saturated rings. The second kappa shape index (κ2) is 8.84. The van der Waals surface area contributed by atoms with Gasteiger partial charge in [-0.25, -0.2) is 4.68 Å². The number of aromatic nitrogens is 2. The molecule has 0 spiro atoms. The fourth-order valence-corrected chi connectivity index (χ4v) is 4.29. The van der Waals surface area contributed by atoms with Crippen LogP contribution in [-0.2, 0) is 0 Å². The molecule has 160 valence electrons. The van der Waals surface area contributed by atoms with Crippen LogP contribution in [0.15, 0.2) is 54.6 Å². The van der Waals surface area contributed by atoms with Gasteiger partial charge in [0.1, 0.15) is 0 Å². The number of hydrogen-bond donors (Lipinski definition) is 1. The SMILES string of the molecule is O=C(NC1CCCCC1)c1cc(-c2ccc3c(c2)OCCCO3)n(-c2ccccc2)n1. The molecule has 2 heterocycles. The van der Waals surface area contributed by atoms with Crippen LogP contribution in [0.4, 0.5) is 0 Å². The van der Waals surface area contributed by atoms with Crippen molar-refractivity contribution in [2.45, 2.75) is 44.6 Å². The lowest BCUT2D eigenvalue weighted by atomic mass is 9.95. The van der Waals surface area contributed by atoms with E-state index in [0.717, 1.165) is 47.7 Å². The summed E-state index contributed by atoms with van der Waals surface area (Å²) in [7, 11) is 0. The van der Waals surface area contributed by atoms with E-state index in [1.54, 1.807) is 0 Å². The van der Waals surface area contributed by atoms with Crippen LogP contribution < -0.4 is 14.8 Å². The summed E-state index contributed by atoms with van der Waals surface area (Å²) < 4.78 is 13.5. The van der Waals surface area contributed by atoms with Crippen molar-refractivity contribution < 1.29 is 14.3 Å². The molecule has 1 N–H and O–H groups in total. The summed E-state index contributed by atoms with van der Waals surface area (Å²) in [6, 6.07) is 17.9. The molecule has 6 nitrogen and oxygen atoms in total. The Hall–Kier alpha value is -3.28. The first kappa shape index (κ1) is 19.7. The third-order valence-corrected chi connectivity index (χ3v) is 5.93. The van der Waals surface area contributed by atoms with Crippen molar-refractivity contribution >= 4 is 5.91 Å². The fourth-order valence-electron chi connectivity index (χ4n) is 4.29. The molecule has 2 aliphatic rings. The molecule has 0 atom stereocenters. The van der Waals surface area contributed by atoms with Crippen LogP contribution in [0.2, 0.25) is 0 Å². The molecule has 6 heteroatoms. The van der Waals surface area contributed by atoms with Gasteiger partial charge in [-0.2, -0.15) is 5.10 Å². The van der Waals surface area contributed by atoms with Crippen molar-refractivity contribution in [2.24, 2.45) is 0 Å². The first-order valence-electron chi connectivity index (χ1n) is 11.1. The van der Waals surface area contributed by atoms with Gasteiger partial charge < -0.3 is 14.8 Å². The van der Waals surface area contributed by atoms with Crippen LogP contribution in [0.1, 0.15) is 49.0 Å². The molecule has 1 aliphatic carbocycles. The standard InChI is InChI=1S/C25H27N3O3/c29-25(26-19-8-3-1-4-9-19)21-17-22(28(27-21)20-10-5-2-6-11-20)18-12-13-23-24(16-18)31-15-7-14-30-23/h2,5-6,10-13,16-17,19H,1,3-4,7-9,14-15H2,(H,26,29). The number of amides is 1. The molecule has 0 saturated heterocycles. The Morgan fingerprint density at radius 1 is 0.903 bits per heavy atom. The summed E-state index contributed by atoms with van der Waals surface area (Å²) in [5, 5.41) is 7.86. The van der Waals surface area contributed by atoms with Gasteiger partial charge in [-0.05, 0) is 49.2 Å². The lowest BCUT2D eigenvalue weighted by Gasteiger charge is -2.22. The van der Waals surface area contributed by atoms with E-state index >= 15 is 0 Å². The van der Waals surface area contributed by atoms with Crippen molar-refractivity contribution in [3.63, 3.8) is 0 Å². The minimum Gasteiger partial charge on any atom is -0.490 e. The summed E-state index contributed by atoms with van der Waals surface area (Å²) in [5.74, 6) is 1.36. The lowest BCUT2D eigenvalue weighted by Crippen LogP contribution is -2.36. The van der Waals surface area contributed by atoms with E-state index in [1.165, 1.54) is 19.3 Å². The van der Waals surface area contributed by atoms with Crippen LogP contribution in [0, 0.1) is 0 Å². The molecular formula is C25H27N3O3. The summed E-state index contributed by atoms with van der Waals surface area (Å²) in [5.41, 5.74) is 3.10. The summed E-state index contributed by atoms with van der Waals surface area (Å²) in [6.45, 7) is 1.28. The fraction of sp³-hybridized carbons (Fsp3) is 0.360. The molecule has 3 aromatic rings. The number of carbonyl (C=O) groups excluding carboxylic acids is 1. The highest BCUT2D eigenvalue weighted by atomic mass is 16.5. The highest BCUT2D eigenvalue weighted by molar-refractivity contribution is 5.94. The van der Waals surface area contributed by atoms with Crippen molar-refractivity contribution in [3.8, 4) is 28.4 Å². The van der Waals surface area contributed by atoms with E-state index in [4.69, 9.17) is 9.47 Å². The van der Waals surface area contributed by atoms with Crippen molar-refractivity contribution in [1.29, 1.82) is 0 Å². The number of ether oxygens (including phenoxy) is 2. The first-order valence-corrected chi connectivity index (χ1v) is 11.1. The zero-order chi connectivity index (χ0) is 21.0. The topological polar surface area (TPSA) is 65.4 Å². The third-order valence-electron chi connectivity index (χ3n) is 5.93. The predicted octanol–water partition coefficient (Wildman–Crippen LogP) is 4.76.